The number of para-hydroxylation sites is 1. The maximum atomic E-state index is 14.4. The van der Waals surface area contributed by atoms with Crippen LogP contribution in [0.5, 0.6) is 0 Å². The molecule has 2 fully saturated rings. The highest BCUT2D eigenvalue weighted by Gasteiger charge is 2.56. The van der Waals surface area contributed by atoms with Crippen molar-refractivity contribution in [2.45, 2.75) is 95.6 Å². The Hall–Kier alpha value is -4.37. The van der Waals surface area contributed by atoms with Gasteiger partial charge in [-0.2, -0.15) is 18.4 Å². The number of benzene rings is 2. The Kier molecular flexibility index (Phi) is 7.47. The lowest BCUT2D eigenvalue weighted by Crippen LogP contribution is -2.52. The number of nitriles is 1. The van der Waals surface area contributed by atoms with E-state index in [0.717, 1.165) is 85.1 Å². The van der Waals surface area contributed by atoms with Crippen molar-refractivity contribution in [2.75, 3.05) is 26.7 Å². The van der Waals surface area contributed by atoms with E-state index in [1.807, 2.05) is 24.3 Å². The predicted molar refractivity (Wildman–Crippen MR) is 202 cm³/mol. The molecule has 2 aromatic carbocycles. The van der Waals surface area contributed by atoms with Gasteiger partial charge in [-0.25, -0.2) is 0 Å². The number of allylic oxidation sites excluding steroid dienone is 1. The average molecular weight is 735 g/mol. The van der Waals surface area contributed by atoms with Crippen LogP contribution in [0.4, 0.5) is 13.2 Å². The molecule has 0 aliphatic carbocycles. The van der Waals surface area contributed by atoms with Crippen molar-refractivity contribution >= 4 is 38.9 Å². The second-order valence-electron chi connectivity index (χ2n) is 16.4. The van der Waals surface area contributed by atoms with Crippen molar-refractivity contribution in [3.05, 3.63) is 82.7 Å². The number of aromatic nitrogens is 2. The third-order valence-corrected chi connectivity index (χ3v) is 14.3. The van der Waals surface area contributed by atoms with Crippen LogP contribution in [-0.2, 0) is 17.7 Å². The van der Waals surface area contributed by atoms with Crippen molar-refractivity contribution in [3.8, 4) is 6.07 Å². The van der Waals surface area contributed by atoms with Gasteiger partial charge in [0.05, 0.1) is 34.5 Å². The van der Waals surface area contributed by atoms with Crippen molar-refractivity contribution < 1.29 is 23.1 Å². The topological polar surface area (TPSA) is 81.9 Å². The third-order valence-electron chi connectivity index (χ3n) is 14.3. The highest BCUT2D eigenvalue weighted by molar-refractivity contribution is 6.28. The number of rotatable bonds is 6. The zero-order chi connectivity index (χ0) is 37.3. The van der Waals surface area contributed by atoms with Crippen LogP contribution >= 0.6 is 0 Å². The molecule has 8 nitrogen and oxygen atoms in total. The summed E-state index contributed by atoms with van der Waals surface area (Å²) >= 11 is 0. The van der Waals surface area contributed by atoms with Crippen molar-refractivity contribution in [3.63, 3.8) is 0 Å². The lowest BCUT2D eigenvalue weighted by atomic mass is 9.64. The van der Waals surface area contributed by atoms with E-state index in [1.54, 1.807) is 10.6 Å². The van der Waals surface area contributed by atoms with E-state index in [9.17, 15) is 23.5 Å². The molecule has 2 saturated heterocycles. The van der Waals surface area contributed by atoms with Gasteiger partial charge in [-0.15, -0.1) is 0 Å². The van der Waals surface area contributed by atoms with Gasteiger partial charge in [0.1, 0.15) is 13.2 Å². The van der Waals surface area contributed by atoms with Crippen LogP contribution in [0.1, 0.15) is 98.6 Å². The lowest BCUT2D eigenvalue weighted by Gasteiger charge is -2.57. The molecule has 6 atom stereocenters. The number of fused-ring (bicyclic) bond motifs is 6. The summed E-state index contributed by atoms with van der Waals surface area (Å²) < 4.78 is 47.1. The molecule has 1 N–H and O–H groups in total. The van der Waals surface area contributed by atoms with Gasteiger partial charge in [0, 0.05) is 52.1 Å². The maximum absolute atomic E-state index is 14.4. The first-order chi connectivity index (χ1) is 26.1. The molecule has 0 amide bonds. The summed E-state index contributed by atoms with van der Waals surface area (Å²) in [5.74, 6) is 0. The van der Waals surface area contributed by atoms with Crippen LogP contribution in [0.15, 0.2) is 59.8 Å². The minimum atomic E-state index is -4.79. The molecule has 6 aliphatic heterocycles. The molecule has 4 aromatic rings. The van der Waals surface area contributed by atoms with Crippen LogP contribution in [0, 0.1) is 22.2 Å². The summed E-state index contributed by atoms with van der Waals surface area (Å²) in [4.78, 5) is 10.4. The summed E-state index contributed by atoms with van der Waals surface area (Å²) in [6.07, 6.45) is 3.63. The zero-order valence-corrected chi connectivity index (χ0v) is 31.0. The number of hydrogen-bond donors (Lipinski definition) is 1. The van der Waals surface area contributed by atoms with Crippen LogP contribution < -0.4 is 0 Å². The van der Waals surface area contributed by atoms with Crippen LogP contribution in [0.3, 0.4) is 0 Å². The van der Waals surface area contributed by atoms with Crippen LogP contribution in [0.2, 0.25) is 0 Å². The SMILES string of the molecule is CC[C@@]12C=C(/C(C#N)=N/OC)n3c4c(c5ccc(C6CC[C@@]7(CC)C=C(C(O)C(F)(F)F)n8c9c(c%10ccccc%108)CCN6[C@H]97)cc53)CCN(CCC1)[C@H]42. The van der Waals surface area contributed by atoms with E-state index in [0.29, 0.717) is 19.3 Å². The fourth-order valence-electron chi connectivity index (χ4n) is 12.0. The normalized spacial score (nSPS) is 29.7. The van der Waals surface area contributed by atoms with Gasteiger partial charge in [0.25, 0.3) is 0 Å². The molecule has 280 valence electrons. The molecule has 8 heterocycles. The first-order valence-corrected chi connectivity index (χ1v) is 19.6. The molecule has 0 bridgehead atoms. The van der Waals surface area contributed by atoms with Gasteiger partial charge in [0.15, 0.2) is 6.10 Å². The zero-order valence-electron chi connectivity index (χ0n) is 31.0. The molecule has 0 saturated carbocycles. The number of aliphatic hydroxyl groups excluding tert-OH is 1. The van der Waals surface area contributed by atoms with E-state index in [4.69, 9.17) is 4.84 Å². The molecule has 11 heteroatoms. The monoisotopic (exact) mass is 734 g/mol. The van der Waals surface area contributed by atoms with E-state index in [2.05, 4.69) is 63.7 Å². The smallest absolute Gasteiger partial charge is 0.398 e. The minimum absolute atomic E-state index is 0.0286. The van der Waals surface area contributed by atoms with Gasteiger partial charge in [0.2, 0.25) is 5.71 Å². The summed E-state index contributed by atoms with van der Waals surface area (Å²) in [6.45, 7) is 7.18. The van der Waals surface area contributed by atoms with Crippen molar-refractivity contribution in [1.29, 1.82) is 5.26 Å². The van der Waals surface area contributed by atoms with Crippen LogP contribution in [-0.4, -0.2) is 68.8 Å². The average Bonchev–Trinajstić information content (AvgIpc) is 3.71. The molecular formula is C43H45F3N6O2. The van der Waals surface area contributed by atoms with Crippen molar-refractivity contribution in [2.24, 2.45) is 16.0 Å². The highest BCUT2D eigenvalue weighted by atomic mass is 19.4. The Morgan fingerprint density at radius 2 is 1.67 bits per heavy atom. The number of piperidine rings is 2. The summed E-state index contributed by atoms with van der Waals surface area (Å²) in [5, 5.41) is 27.8. The molecule has 10 rings (SSSR count). The third kappa shape index (κ3) is 4.39. The Balaban J connectivity index is 1.15. The Morgan fingerprint density at radius 3 is 2.41 bits per heavy atom. The minimum Gasteiger partial charge on any atom is -0.398 e. The summed E-state index contributed by atoms with van der Waals surface area (Å²) in [7, 11) is 1.49. The number of oxime groups is 1. The van der Waals surface area contributed by atoms with Gasteiger partial charge in [-0.3, -0.25) is 9.80 Å². The van der Waals surface area contributed by atoms with Crippen molar-refractivity contribution in [1.82, 2.24) is 18.9 Å². The fourth-order valence-corrected chi connectivity index (χ4v) is 12.0. The fraction of sp³-hybridized carbons (Fsp3) is 0.488. The lowest BCUT2D eigenvalue weighted by molar-refractivity contribution is -0.186. The van der Waals surface area contributed by atoms with E-state index < -0.39 is 17.7 Å². The summed E-state index contributed by atoms with van der Waals surface area (Å²) in [5.41, 5.74) is 7.90. The number of nitrogens with zero attached hydrogens (tertiary/aromatic N) is 6. The Labute approximate surface area is 312 Å². The number of aliphatic hydroxyl groups is 1. The second kappa shape index (κ2) is 11.8. The molecule has 2 aromatic heterocycles. The maximum Gasteiger partial charge on any atom is 0.420 e. The number of alkyl halides is 3. The number of hydrogen-bond acceptors (Lipinski definition) is 6. The first-order valence-electron chi connectivity index (χ1n) is 19.6. The molecule has 0 spiro atoms. The standard InChI is InChI=1S/C43H45F3N6O2/c1-4-41-16-8-18-49-19-14-28-27-12-11-25(21-33(27)52(36(28)38(41)49)34(22-41)30(24-47)48-54-3)31-13-17-42(5-2)23-35(40(53)43(44,45)46)51-32-10-7-6-9-26(32)29-15-20-50(31)39(42)37(29)51/h6-7,9-12,21-23,31,38-40,53H,4-5,8,13-20H2,1-3H3/b48-30+/t31?,38-,39-,40?,41+,42+/m1/s1. The van der Waals surface area contributed by atoms with E-state index in [1.165, 1.54) is 29.3 Å². The molecule has 54 heavy (non-hydrogen) atoms. The number of halogens is 3. The Bertz CT molecular complexity index is 2380. The largest absolute Gasteiger partial charge is 0.420 e. The van der Waals surface area contributed by atoms with E-state index in [-0.39, 0.29) is 34.9 Å². The predicted octanol–water partition coefficient (Wildman–Crippen LogP) is 8.67. The first kappa shape index (κ1) is 34.1. The van der Waals surface area contributed by atoms with Gasteiger partial charge in [-0.1, -0.05) is 55.4 Å². The van der Waals surface area contributed by atoms with Gasteiger partial charge in [-0.05, 0) is 92.8 Å². The van der Waals surface area contributed by atoms with Gasteiger partial charge >= 0.3 is 6.18 Å². The van der Waals surface area contributed by atoms with Crippen LogP contribution in [0.25, 0.3) is 33.2 Å². The molecule has 2 unspecified atom stereocenters. The molecular weight excluding hydrogens is 690 g/mol. The van der Waals surface area contributed by atoms with E-state index >= 15 is 0 Å². The molecule has 6 aliphatic rings. The summed E-state index contributed by atoms with van der Waals surface area (Å²) in [6, 6.07) is 17.0. The second-order valence-corrected chi connectivity index (χ2v) is 16.4. The van der Waals surface area contributed by atoms with Gasteiger partial charge < -0.3 is 19.1 Å². The Morgan fingerprint density at radius 1 is 0.944 bits per heavy atom. The molecule has 0 radical (unpaired) electrons. The quantitative estimate of drug-likeness (QED) is 0.158. The highest BCUT2D eigenvalue weighted by Crippen LogP contribution is 2.62.